The minimum atomic E-state index is 0.129. The van der Waals surface area contributed by atoms with Crippen LogP contribution in [0.3, 0.4) is 0 Å². The number of methoxy groups -OCH3 is 2. The number of hydrogen-bond acceptors (Lipinski definition) is 3. The van der Waals surface area contributed by atoms with Gasteiger partial charge in [-0.15, -0.1) is 0 Å². The average molecular weight is 305 g/mol. The number of halogens is 1. The smallest absolute Gasteiger partial charge is 0.161 e. The van der Waals surface area contributed by atoms with Gasteiger partial charge in [0, 0.05) is 17.9 Å². The lowest BCUT2D eigenvalue weighted by Gasteiger charge is -2.09. The van der Waals surface area contributed by atoms with Gasteiger partial charge in [0.1, 0.15) is 5.78 Å². The Morgan fingerprint density at radius 3 is 2.24 bits per heavy atom. The molecule has 2 rings (SSSR count). The van der Waals surface area contributed by atoms with Crippen molar-refractivity contribution in [3.8, 4) is 11.5 Å². The van der Waals surface area contributed by atoms with Gasteiger partial charge in [-0.1, -0.05) is 29.8 Å². The van der Waals surface area contributed by atoms with Crippen LogP contribution >= 0.6 is 11.6 Å². The topological polar surface area (TPSA) is 35.5 Å². The van der Waals surface area contributed by atoms with Gasteiger partial charge in [0.05, 0.1) is 14.2 Å². The fraction of sp³-hybridized carbons (Fsp3) is 0.235. The van der Waals surface area contributed by atoms with E-state index in [4.69, 9.17) is 21.1 Å². The Bertz CT molecular complexity index is 638. The van der Waals surface area contributed by atoms with Crippen LogP contribution in [-0.4, -0.2) is 20.0 Å². The number of ether oxygens (including phenoxy) is 2. The molecular weight excluding hydrogens is 288 g/mol. The quantitative estimate of drug-likeness (QED) is 0.816. The fourth-order valence-corrected chi connectivity index (χ4v) is 2.37. The number of carbonyl (C=O) groups excluding carboxylic acids is 1. The van der Waals surface area contributed by atoms with E-state index in [2.05, 4.69) is 0 Å². The highest BCUT2D eigenvalue weighted by Crippen LogP contribution is 2.27. The molecule has 2 aromatic rings. The summed E-state index contributed by atoms with van der Waals surface area (Å²) in [6.07, 6.45) is 0.724. The summed E-state index contributed by atoms with van der Waals surface area (Å²) in [6, 6.07) is 12.9. The summed E-state index contributed by atoms with van der Waals surface area (Å²) in [5.74, 6) is 1.42. The number of hydrogen-bond donors (Lipinski definition) is 0. The maximum absolute atomic E-state index is 12.1. The molecule has 0 unspecified atom stereocenters. The largest absolute Gasteiger partial charge is 0.493 e. The van der Waals surface area contributed by atoms with Gasteiger partial charge in [-0.05, 0) is 35.4 Å². The molecule has 0 aromatic heterocycles. The van der Waals surface area contributed by atoms with Gasteiger partial charge in [-0.2, -0.15) is 0 Å². The number of Topliss-reactive ketones (excluding diaryl/α,β-unsaturated/α-hetero) is 1. The van der Waals surface area contributed by atoms with Crippen molar-refractivity contribution in [1.29, 1.82) is 0 Å². The maximum atomic E-state index is 12.1. The van der Waals surface area contributed by atoms with E-state index < -0.39 is 0 Å². The van der Waals surface area contributed by atoms with E-state index in [1.807, 2.05) is 30.3 Å². The van der Waals surface area contributed by atoms with Gasteiger partial charge in [0.25, 0.3) is 0 Å². The van der Waals surface area contributed by atoms with Crippen molar-refractivity contribution >= 4 is 17.4 Å². The van der Waals surface area contributed by atoms with Crippen LogP contribution in [0.4, 0.5) is 0 Å². The van der Waals surface area contributed by atoms with E-state index >= 15 is 0 Å². The Morgan fingerprint density at radius 1 is 0.952 bits per heavy atom. The van der Waals surface area contributed by atoms with Crippen LogP contribution in [0, 0.1) is 0 Å². The molecule has 0 spiro atoms. The van der Waals surface area contributed by atoms with Crippen LogP contribution in [0.15, 0.2) is 42.5 Å². The van der Waals surface area contributed by atoms with E-state index in [1.54, 1.807) is 26.4 Å². The lowest BCUT2D eigenvalue weighted by molar-refractivity contribution is -0.117. The molecule has 0 saturated carbocycles. The van der Waals surface area contributed by atoms with Gasteiger partial charge < -0.3 is 9.47 Å². The molecule has 0 heterocycles. The van der Waals surface area contributed by atoms with Crippen LogP contribution in [0.2, 0.25) is 5.02 Å². The highest BCUT2D eigenvalue weighted by molar-refractivity contribution is 6.30. The Balaban J connectivity index is 2.06. The van der Waals surface area contributed by atoms with Crippen molar-refractivity contribution in [3.63, 3.8) is 0 Å². The molecule has 0 fully saturated rings. The first-order valence-corrected chi connectivity index (χ1v) is 6.97. The van der Waals surface area contributed by atoms with Gasteiger partial charge in [0.15, 0.2) is 11.5 Å². The number of rotatable bonds is 6. The molecule has 0 N–H and O–H groups in total. The number of ketones is 1. The van der Waals surface area contributed by atoms with Crippen LogP contribution < -0.4 is 9.47 Å². The molecule has 110 valence electrons. The Labute approximate surface area is 129 Å². The molecule has 3 nitrogen and oxygen atoms in total. The van der Waals surface area contributed by atoms with Crippen LogP contribution in [0.5, 0.6) is 11.5 Å². The lowest BCUT2D eigenvalue weighted by Crippen LogP contribution is -2.06. The molecule has 0 bridgehead atoms. The summed E-state index contributed by atoms with van der Waals surface area (Å²) >= 11 is 5.92. The standard InChI is InChI=1S/C17H17ClO3/c1-20-16-7-6-13(11-17(16)21-2)10-15(19)9-12-4-3-5-14(18)8-12/h3-8,11H,9-10H2,1-2H3. The second kappa shape index (κ2) is 7.14. The van der Waals surface area contributed by atoms with Gasteiger partial charge in [0.2, 0.25) is 0 Å². The molecule has 0 amide bonds. The minimum absolute atomic E-state index is 0.129. The first kappa shape index (κ1) is 15.4. The summed E-state index contributed by atoms with van der Waals surface area (Å²) in [5, 5.41) is 0.645. The van der Waals surface area contributed by atoms with Crippen molar-refractivity contribution in [3.05, 3.63) is 58.6 Å². The zero-order valence-electron chi connectivity index (χ0n) is 12.1. The summed E-state index contributed by atoms with van der Waals surface area (Å²) in [4.78, 5) is 12.1. The van der Waals surface area contributed by atoms with Crippen molar-refractivity contribution in [2.24, 2.45) is 0 Å². The van der Waals surface area contributed by atoms with Crippen molar-refractivity contribution in [2.75, 3.05) is 14.2 Å². The van der Waals surface area contributed by atoms with E-state index in [0.29, 0.717) is 29.4 Å². The second-order valence-corrected chi connectivity index (χ2v) is 5.15. The molecule has 2 aromatic carbocycles. The van der Waals surface area contributed by atoms with Crippen LogP contribution in [-0.2, 0) is 17.6 Å². The van der Waals surface area contributed by atoms with Gasteiger partial charge in [-0.3, -0.25) is 4.79 Å². The van der Waals surface area contributed by atoms with Gasteiger partial charge >= 0.3 is 0 Å². The molecular formula is C17H17ClO3. The summed E-state index contributed by atoms with van der Waals surface area (Å²) in [5.41, 5.74) is 1.83. The van der Waals surface area contributed by atoms with Crippen molar-refractivity contribution < 1.29 is 14.3 Å². The zero-order chi connectivity index (χ0) is 15.2. The third-order valence-electron chi connectivity index (χ3n) is 3.14. The lowest BCUT2D eigenvalue weighted by atomic mass is 10.0. The molecule has 0 saturated heterocycles. The highest BCUT2D eigenvalue weighted by atomic mass is 35.5. The summed E-state index contributed by atoms with van der Waals surface area (Å²) < 4.78 is 10.4. The number of benzene rings is 2. The molecule has 0 atom stereocenters. The van der Waals surface area contributed by atoms with Gasteiger partial charge in [-0.25, -0.2) is 0 Å². The van der Waals surface area contributed by atoms with Crippen LogP contribution in [0.1, 0.15) is 11.1 Å². The molecule has 4 heteroatoms. The third-order valence-corrected chi connectivity index (χ3v) is 3.37. The van der Waals surface area contributed by atoms with E-state index in [1.165, 1.54) is 0 Å². The van der Waals surface area contributed by atoms with Crippen molar-refractivity contribution in [1.82, 2.24) is 0 Å². The summed E-state index contributed by atoms with van der Waals surface area (Å²) in [7, 11) is 3.16. The van der Waals surface area contributed by atoms with E-state index in [0.717, 1.165) is 11.1 Å². The number of carbonyl (C=O) groups is 1. The summed E-state index contributed by atoms with van der Waals surface area (Å²) in [6.45, 7) is 0. The normalized spacial score (nSPS) is 10.2. The highest BCUT2D eigenvalue weighted by Gasteiger charge is 2.09. The molecule has 0 aliphatic heterocycles. The Hall–Kier alpha value is -2.00. The van der Waals surface area contributed by atoms with E-state index in [-0.39, 0.29) is 5.78 Å². The average Bonchev–Trinajstić information content (AvgIpc) is 2.47. The third kappa shape index (κ3) is 4.23. The molecule has 21 heavy (non-hydrogen) atoms. The fourth-order valence-electron chi connectivity index (χ4n) is 2.16. The predicted molar refractivity (Wildman–Crippen MR) is 83.4 cm³/mol. The first-order valence-electron chi connectivity index (χ1n) is 6.59. The first-order chi connectivity index (χ1) is 10.1. The predicted octanol–water partition coefficient (Wildman–Crippen LogP) is 3.71. The van der Waals surface area contributed by atoms with Crippen molar-refractivity contribution in [2.45, 2.75) is 12.8 Å². The molecule has 0 aliphatic carbocycles. The van der Waals surface area contributed by atoms with Crippen LogP contribution in [0.25, 0.3) is 0 Å². The zero-order valence-corrected chi connectivity index (χ0v) is 12.8. The Morgan fingerprint density at radius 2 is 1.62 bits per heavy atom. The molecule has 0 radical (unpaired) electrons. The SMILES string of the molecule is COc1ccc(CC(=O)Cc2cccc(Cl)c2)cc1OC. The second-order valence-electron chi connectivity index (χ2n) is 4.71. The maximum Gasteiger partial charge on any atom is 0.161 e. The Kier molecular flexibility index (Phi) is 5.23. The monoisotopic (exact) mass is 304 g/mol. The van der Waals surface area contributed by atoms with E-state index in [9.17, 15) is 4.79 Å². The molecule has 0 aliphatic rings. The minimum Gasteiger partial charge on any atom is -0.493 e.